The standard InChI is InChI=1S/C26H22BrCl2NO3/c27-15-9-7-14(8-10-15)13-33-26-17(11-16(28)12-18(26)29)23-24-19(3-1-5-21(24)31)30-20-4-2-6-22(32)25(20)23/h7-12,23,30H,1-6,13H2. The number of ketones is 2. The first-order chi connectivity index (χ1) is 15.9. The molecule has 170 valence electrons. The summed E-state index contributed by atoms with van der Waals surface area (Å²) >= 11 is 16.5. The molecule has 2 aromatic rings. The van der Waals surface area contributed by atoms with Gasteiger partial charge in [-0.2, -0.15) is 0 Å². The number of Topliss-reactive ketones (excluding diaryl/α,β-unsaturated/α-hetero) is 2. The van der Waals surface area contributed by atoms with Gasteiger partial charge in [-0.05, 0) is 55.5 Å². The molecular weight excluding hydrogens is 525 g/mol. The van der Waals surface area contributed by atoms with E-state index in [1.165, 1.54) is 0 Å². The molecule has 0 bridgehead atoms. The van der Waals surface area contributed by atoms with Gasteiger partial charge in [0.05, 0.1) is 5.02 Å². The van der Waals surface area contributed by atoms with Gasteiger partial charge in [0.15, 0.2) is 11.6 Å². The van der Waals surface area contributed by atoms with Crippen LogP contribution in [0.5, 0.6) is 5.75 Å². The summed E-state index contributed by atoms with van der Waals surface area (Å²) in [6.07, 6.45) is 4.11. The van der Waals surface area contributed by atoms with Crippen molar-refractivity contribution in [3.05, 3.63) is 84.6 Å². The molecular formula is C26H22BrCl2NO3. The van der Waals surface area contributed by atoms with Crippen molar-refractivity contribution < 1.29 is 14.3 Å². The number of dihydropyridines is 1. The molecule has 0 saturated heterocycles. The van der Waals surface area contributed by atoms with E-state index in [-0.39, 0.29) is 11.6 Å². The topological polar surface area (TPSA) is 55.4 Å². The maximum atomic E-state index is 13.1. The lowest BCUT2D eigenvalue weighted by molar-refractivity contribution is -0.116. The van der Waals surface area contributed by atoms with Crippen LogP contribution < -0.4 is 10.1 Å². The number of hydrogen-bond acceptors (Lipinski definition) is 4. The minimum atomic E-state index is -0.520. The molecule has 2 aromatic carbocycles. The zero-order valence-corrected chi connectivity index (χ0v) is 20.9. The van der Waals surface area contributed by atoms with Gasteiger partial charge in [0.1, 0.15) is 12.4 Å². The van der Waals surface area contributed by atoms with Crippen molar-refractivity contribution in [2.75, 3.05) is 0 Å². The van der Waals surface area contributed by atoms with Gasteiger partial charge in [0.25, 0.3) is 0 Å². The number of carbonyl (C=O) groups is 2. The van der Waals surface area contributed by atoms with Crippen LogP contribution >= 0.6 is 39.1 Å². The normalized spacial score (nSPS) is 18.8. The fourth-order valence-corrected chi connectivity index (χ4v) is 5.81. The van der Waals surface area contributed by atoms with Crippen LogP contribution in [-0.2, 0) is 16.2 Å². The second-order valence-corrected chi connectivity index (χ2v) is 10.4. The Morgan fingerprint density at radius 3 is 2.12 bits per heavy atom. The Balaban J connectivity index is 1.63. The van der Waals surface area contributed by atoms with Crippen molar-refractivity contribution in [1.29, 1.82) is 0 Å². The van der Waals surface area contributed by atoms with Crippen molar-refractivity contribution in [1.82, 2.24) is 5.32 Å². The van der Waals surface area contributed by atoms with E-state index in [1.807, 2.05) is 24.3 Å². The number of nitrogens with one attached hydrogen (secondary N) is 1. The van der Waals surface area contributed by atoms with Crippen molar-refractivity contribution in [3.63, 3.8) is 0 Å². The highest BCUT2D eigenvalue weighted by atomic mass is 79.9. The van der Waals surface area contributed by atoms with Crippen LogP contribution in [0.2, 0.25) is 10.0 Å². The quantitative estimate of drug-likeness (QED) is 0.447. The lowest BCUT2D eigenvalue weighted by Gasteiger charge is -2.37. The van der Waals surface area contributed by atoms with E-state index in [2.05, 4.69) is 21.2 Å². The zero-order valence-electron chi connectivity index (χ0n) is 17.8. The molecule has 7 heteroatoms. The Labute approximate surface area is 211 Å². The minimum absolute atomic E-state index is 0.0635. The average molecular weight is 547 g/mol. The Morgan fingerprint density at radius 1 is 0.909 bits per heavy atom. The van der Waals surface area contributed by atoms with Gasteiger partial charge < -0.3 is 10.1 Å². The van der Waals surface area contributed by atoms with Gasteiger partial charge in [-0.1, -0.05) is 51.3 Å². The molecule has 1 heterocycles. The van der Waals surface area contributed by atoms with Gasteiger partial charge in [0, 0.05) is 56.4 Å². The summed E-state index contributed by atoms with van der Waals surface area (Å²) in [7, 11) is 0. The number of rotatable bonds is 4. The van der Waals surface area contributed by atoms with E-state index in [4.69, 9.17) is 27.9 Å². The van der Waals surface area contributed by atoms with Crippen molar-refractivity contribution in [2.24, 2.45) is 0 Å². The maximum absolute atomic E-state index is 13.1. The number of halogens is 3. The number of allylic oxidation sites excluding steroid dienone is 4. The average Bonchev–Trinajstić information content (AvgIpc) is 2.78. The Kier molecular flexibility index (Phi) is 6.39. The molecule has 1 N–H and O–H groups in total. The molecule has 33 heavy (non-hydrogen) atoms. The first-order valence-electron chi connectivity index (χ1n) is 11.1. The first kappa shape index (κ1) is 22.7. The molecule has 0 unspecified atom stereocenters. The fourth-order valence-electron chi connectivity index (χ4n) is 4.98. The lowest BCUT2D eigenvalue weighted by atomic mass is 9.71. The van der Waals surface area contributed by atoms with Gasteiger partial charge in [0.2, 0.25) is 0 Å². The Bertz CT molecular complexity index is 1170. The third-order valence-corrected chi connectivity index (χ3v) is 7.46. The van der Waals surface area contributed by atoms with E-state index in [0.29, 0.717) is 52.0 Å². The molecule has 0 radical (unpaired) electrons. The second-order valence-electron chi connectivity index (χ2n) is 8.62. The molecule has 0 atom stereocenters. The smallest absolute Gasteiger partial charge is 0.161 e. The number of ether oxygens (including phenoxy) is 1. The van der Waals surface area contributed by atoms with Gasteiger partial charge in [-0.25, -0.2) is 0 Å². The van der Waals surface area contributed by atoms with Crippen LogP contribution in [0.25, 0.3) is 0 Å². The first-order valence-corrected chi connectivity index (χ1v) is 12.6. The molecule has 2 aliphatic carbocycles. The highest BCUT2D eigenvalue weighted by Gasteiger charge is 2.41. The molecule has 1 aliphatic heterocycles. The van der Waals surface area contributed by atoms with E-state index in [0.717, 1.165) is 47.1 Å². The van der Waals surface area contributed by atoms with Crippen LogP contribution in [0.1, 0.15) is 55.6 Å². The SMILES string of the molecule is O=C1CCCC2=C1C(c1cc(Cl)cc(Cl)c1OCc1ccc(Br)cc1)C1=C(CCCC1=O)N2. The lowest BCUT2D eigenvalue weighted by Crippen LogP contribution is -2.36. The fraction of sp³-hybridized carbons (Fsp3) is 0.308. The summed E-state index contributed by atoms with van der Waals surface area (Å²) in [6.45, 7) is 0.298. The summed E-state index contributed by atoms with van der Waals surface area (Å²) in [5, 5.41) is 4.25. The van der Waals surface area contributed by atoms with Gasteiger partial charge in [-0.15, -0.1) is 0 Å². The minimum Gasteiger partial charge on any atom is -0.487 e. The predicted molar refractivity (Wildman–Crippen MR) is 133 cm³/mol. The number of hydrogen-bond donors (Lipinski definition) is 1. The van der Waals surface area contributed by atoms with Crippen LogP contribution in [-0.4, -0.2) is 11.6 Å². The summed E-state index contributed by atoms with van der Waals surface area (Å²) in [5.74, 6) is 0.0709. The largest absolute Gasteiger partial charge is 0.487 e. The third kappa shape index (κ3) is 4.39. The van der Waals surface area contributed by atoms with Crippen LogP contribution in [0.15, 0.2) is 63.4 Å². The van der Waals surface area contributed by atoms with Crippen LogP contribution in [0, 0.1) is 0 Å². The molecule has 0 fully saturated rings. The summed E-state index contributed by atoms with van der Waals surface area (Å²) < 4.78 is 7.22. The monoisotopic (exact) mass is 545 g/mol. The predicted octanol–water partition coefficient (Wildman–Crippen LogP) is 7.04. The highest BCUT2D eigenvalue weighted by Crippen LogP contribution is 2.49. The van der Waals surface area contributed by atoms with E-state index < -0.39 is 5.92 Å². The molecule has 0 amide bonds. The number of benzene rings is 2. The van der Waals surface area contributed by atoms with Crippen LogP contribution in [0.3, 0.4) is 0 Å². The molecule has 4 nitrogen and oxygen atoms in total. The summed E-state index contributed by atoms with van der Waals surface area (Å²) in [6, 6.07) is 11.3. The van der Waals surface area contributed by atoms with E-state index >= 15 is 0 Å². The molecule has 5 rings (SSSR count). The zero-order chi connectivity index (χ0) is 23.1. The molecule has 0 saturated carbocycles. The summed E-state index contributed by atoms with van der Waals surface area (Å²) in [5.41, 5.74) is 4.79. The van der Waals surface area contributed by atoms with E-state index in [9.17, 15) is 9.59 Å². The van der Waals surface area contributed by atoms with Gasteiger partial charge in [-0.3, -0.25) is 9.59 Å². The second kappa shape index (κ2) is 9.28. The van der Waals surface area contributed by atoms with E-state index in [1.54, 1.807) is 12.1 Å². The highest BCUT2D eigenvalue weighted by molar-refractivity contribution is 9.10. The van der Waals surface area contributed by atoms with Crippen LogP contribution in [0.4, 0.5) is 0 Å². The molecule has 3 aliphatic rings. The molecule has 0 spiro atoms. The summed E-state index contributed by atoms with van der Waals surface area (Å²) in [4.78, 5) is 26.3. The molecule has 0 aromatic heterocycles. The third-order valence-electron chi connectivity index (χ3n) is 6.44. The van der Waals surface area contributed by atoms with Crippen molar-refractivity contribution in [3.8, 4) is 5.75 Å². The Hall–Kier alpha value is -2.08. The Morgan fingerprint density at radius 2 is 1.52 bits per heavy atom. The van der Waals surface area contributed by atoms with Crippen molar-refractivity contribution in [2.45, 2.75) is 51.0 Å². The van der Waals surface area contributed by atoms with Gasteiger partial charge >= 0.3 is 0 Å². The van der Waals surface area contributed by atoms with Crippen molar-refractivity contribution >= 4 is 50.7 Å². The maximum Gasteiger partial charge on any atom is 0.161 e. The number of carbonyl (C=O) groups excluding carboxylic acids is 2.